The first-order valence-electron chi connectivity index (χ1n) is 8.06. The minimum Gasteiger partial charge on any atom is -0.351 e. The number of nitrogens with one attached hydrogen (secondary N) is 2. The Bertz CT molecular complexity index is 506. The van der Waals surface area contributed by atoms with E-state index in [1.165, 1.54) is 11.1 Å². The fourth-order valence-electron chi connectivity index (χ4n) is 3.31. The van der Waals surface area contributed by atoms with E-state index in [1.54, 1.807) is 0 Å². The predicted molar refractivity (Wildman–Crippen MR) is 98.5 cm³/mol. The maximum absolute atomic E-state index is 12.4. The number of rotatable bonds is 3. The number of hydrogen-bond donors (Lipinski definition) is 2. The summed E-state index contributed by atoms with van der Waals surface area (Å²) >= 11 is 0. The van der Waals surface area contributed by atoms with Crippen molar-refractivity contribution in [3.05, 3.63) is 35.4 Å². The van der Waals surface area contributed by atoms with Gasteiger partial charge in [0.25, 0.3) is 0 Å². The Balaban J connectivity index is 0.00000132. The highest BCUT2D eigenvalue weighted by atomic mass is 35.5. The Kier molecular flexibility index (Phi) is 8.34. The van der Waals surface area contributed by atoms with E-state index in [4.69, 9.17) is 0 Å². The molecule has 1 fully saturated rings. The maximum atomic E-state index is 12.4. The molecule has 2 heterocycles. The van der Waals surface area contributed by atoms with Gasteiger partial charge in [0.2, 0.25) is 5.91 Å². The lowest BCUT2D eigenvalue weighted by Crippen LogP contribution is -2.52. The summed E-state index contributed by atoms with van der Waals surface area (Å²) in [6.45, 7) is 5.86. The standard InChI is InChI=1S/C17H25N3O.2ClH/c1-13(17(21)19-16-7-4-9-18-11-16)20-10-8-14-5-2-3-6-15(14)12-20;;/h2-3,5-6,13,16,18H,4,7-12H2,1H3,(H,19,21);2*1H. The quantitative estimate of drug-likeness (QED) is 0.868. The van der Waals surface area contributed by atoms with Gasteiger partial charge in [-0.05, 0) is 43.9 Å². The zero-order valence-corrected chi connectivity index (χ0v) is 15.2. The van der Waals surface area contributed by atoms with Gasteiger partial charge in [0.1, 0.15) is 0 Å². The molecule has 0 spiro atoms. The van der Waals surface area contributed by atoms with Crippen LogP contribution in [0.1, 0.15) is 30.9 Å². The molecule has 1 aromatic rings. The van der Waals surface area contributed by atoms with Crippen LogP contribution >= 0.6 is 24.8 Å². The molecule has 1 aromatic carbocycles. The number of fused-ring (bicyclic) bond motifs is 1. The van der Waals surface area contributed by atoms with Gasteiger partial charge in [0, 0.05) is 25.7 Å². The smallest absolute Gasteiger partial charge is 0.237 e. The highest BCUT2D eigenvalue weighted by molar-refractivity contribution is 5.85. The summed E-state index contributed by atoms with van der Waals surface area (Å²) in [6, 6.07) is 8.80. The fraction of sp³-hybridized carbons (Fsp3) is 0.588. The fourth-order valence-corrected chi connectivity index (χ4v) is 3.31. The van der Waals surface area contributed by atoms with Gasteiger partial charge in [0.05, 0.1) is 6.04 Å². The molecule has 2 aliphatic rings. The molecule has 3 rings (SSSR count). The van der Waals surface area contributed by atoms with Crippen molar-refractivity contribution in [2.24, 2.45) is 0 Å². The van der Waals surface area contributed by atoms with E-state index in [-0.39, 0.29) is 36.8 Å². The van der Waals surface area contributed by atoms with E-state index in [1.807, 2.05) is 6.92 Å². The molecule has 23 heavy (non-hydrogen) atoms. The number of carbonyl (C=O) groups is 1. The number of halogens is 2. The second-order valence-corrected chi connectivity index (χ2v) is 6.22. The molecule has 6 heteroatoms. The van der Waals surface area contributed by atoms with Crippen molar-refractivity contribution in [1.29, 1.82) is 0 Å². The van der Waals surface area contributed by atoms with Crippen LogP contribution in [0.2, 0.25) is 0 Å². The molecule has 0 aliphatic carbocycles. The normalized spacial score (nSPS) is 22.0. The van der Waals surface area contributed by atoms with Gasteiger partial charge < -0.3 is 10.6 Å². The van der Waals surface area contributed by atoms with Crippen molar-refractivity contribution < 1.29 is 4.79 Å². The lowest BCUT2D eigenvalue weighted by molar-refractivity contribution is -0.127. The monoisotopic (exact) mass is 359 g/mol. The van der Waals surface area contributed by atoms with Gasteiger partial charge in [-0.2, -0.15) is 0 Å². The molecule has 4 nitrogen and oxygen atoms in total. The first-order valence-corrected chi connectivity index (χ1v) is 8.06. The summed E-state index contributed by atoms with van der Waals surface area (Å²) < 4.78 is 0. The van der Waals surface area contributed by atoms with Crippen LogP contribution in [0.15, 0.2) is 24.3 Å². The van der Waals surface area contributed by atoms with Crippen molar-refractivity contribution >= 4 is 30.7 Å². The number of nitrogens with zero attached hydrogens (tertiary/aromatic N) is 1. The average Bonchev–Trinajstić information content (AvgIpc) is 2.54. The topological polar surface area (TPSA) is 44.4 Å². The minimum atomic E-state index is -0.0553. The number of amides is 1. The second kappa shape index (κ2) is 9.48. The van der Waals surface area contributed by atoms with E-state index in [0.717, 1.165) is 45.4 Å². The van der Waals surface area contributed by atoms with E-state index in [2.05, 4.69) is 39.8 Å². The summed E-state index contributed by atoms with van der Waals surface area (Å²) in [4.78, 5) is 14.7. The summed E-state index contributed by atoms with van der Waals surface area (Å²) in [5.41, 5.74) is 2.79. The molecule has 2 aliphatic heterocycles. The van der Waals surface area contributed by atoms with E-state index < -0.39 is 0 Å². The minimum absolute atomic E-state index is 0. The molecule has 2 unspecified atom stereocenters. The Morgan fingerprint density at radius 1 is 1.30 bits per heavy atom. The first kappa shape index (κ1) is 20.2. The van der Waals surface area contributed by atoms with Gasteiger partial charge in [0.15, 0.2) is 0 Å². The Morgan fingerprint density at radius 2 is 2.04 bits per heavy atom. The van der Waals surface area contributed by atoms with Gasteiger partial charge in [-0.15, -0.1) is 24.8 Å². The van der Waals surface area contributed by atoms with Gasteiger partial charge in [-0.3, -0.25) is 9.69 Å². The van der Waals surface area contributed by atoms with Crippen LogP contribution in [0.4, 0.5) is 0 Å². The summed E-state index contributed by atoms with van der Waals surface area (Å²) in [6.07, 6.45) is 3.28. The Morgan fingerprint density at radius 3 is 2.74 bits per heavy atom. The summed E-state index contributed by atoms with van der Waals surface area (Å²) in [5.74, 6) is 0.170. The van der Waals surface area contributed by atoms with Crippen LogP contribution in [0.25, 0.3) is 0 Å². The van der Waals surface area contributed by atoms with E-state index in [0.29, 0.717) is 6.04 Å². The van der Waals surface area contributed by atoms with Crippen LogP contribution in [0.5, 0.6) is 0 Å². The average molecular weight is 360 g/mol. The predicted octanol–water partition coefficient (Wildman–Crippen LogP) is 2.15. The third kappa shape index (κ3) is 5.08. The Hall–Kier alpha value is -0.810. The molecule has 0 aromatic heterocycles. The molecule has 2 N–H and O–H groups in total. The molecule has 1 amide bonds. The van der Waals surface area contributed by atoms with Gasteiger partial charge >= 0.3 is 0 Å². The highest BCUT2D eigenvalue weighted by Crippen LogP contribution is 2.20. The van der Waals surface area contributed by atoms with Crippen LogP contribution in [-0.4, -0.2) is 42.5 Å². The largest absolute Gasteiger partial charge is 0.351 e. The van der Waals surface area contributed by atoms with Crippen LogP contribution in [0.3, 0.4) is 0 Å². The second-order valence-electron chi connectivity index (χ2n) is 6.22. The van der Waals surface area contributed by atoms with Crippen LogP contribution in [0, 0.1) is 0 Å². The number of benzene rings is 1. The van der Waals surface area contributed by atoms with Crippen molar-refractivity contribution in [3.8, 4) is 0 Å². The highest BCUT2D eigenvalue weighted by Gasteiger charge is 2.26. The molecule has 2 atom stereocenters. The zero-order valence-electron chi connectivity index (χ0n) is 13.6. The zero-order chi connectivity index (χ0) is 14.7. The van der Waals surface area contributed by atoms with Crippen molar-refractivity contribution in [2.75, 3.05) is 19.6 Å². The van der Waals surface area contributed by atoms with Crippen molar-refractivity contribution in [3.63, 3.8) is 0 Å². The molecule has 130 valence electrons. The van der Waals surface area contributed by atoms with Gasteiger partial charge in [-0.1, -0.05) is 24.3 Å². The molecule has 0 radical (unpaired) electrons. The molecule has 0 saturated carbocycles. The third-order valence-corrected chi connectivity index (χ3v) is 4.73. The van der Waals surface area contributed by atoms with Crippen LogP contribution in [-0.2, 0) is 17.8 Å². The molecule has 0 bridgehead atoms. The SMILES string of the molecule is CC(C(=O)NC1CCCNC1)N1CCc2ccccc2C1.Cl.Cl. The van der Waals surface area contributed by atoms with Crippen molar-refractivity contribution in [1.82, 2.24) is 15.5 Å². The van der Waals surface area contributed by atoms with Gasteiger partial charge in [-0.25, -0.2) is 0 Å². The maximum Gasteiger partial charge on any atom is 0.237 e. The van der Waals surface area contributed by atoms with Crippen LogP contribution < -0.4 is 10.6 Å². The lowest BCUT2D eigenvalue weighted by Gasteiger charge is -2.34. The molecular formula is C17H27Cl2N3O. The molecule has 1 saturated heterocycles. The Labute approximate surface area is 151 Å². The summed E-state index contributed by atoms with van der Waals surface area (Å²) in [7, 11) is 0. The lowest BCUT2D eigenvalue weighted by atomic mass is 9.98. The van der Waals surface area contributed by atoms with E-state index in [9.17, 15) is 4.79 Å². The third-order valence-electron chi connectivity index (χ3n) is 4.73. The number of carbonyl (C=O) groups excluding carboxylic acids is 1. The van der Waals surface area contributed by atoms with E-state index >= 15 is 0 Å². The van der Waals surface area contributed by atoms with Crippen molar-refractivity contribution in [2.45, 2.75) is 44.8 Å². The first-order chi connectivity index (χ1) is 10.2. The molecular weight excluding hydrogens is 333 g/mol. The number of piperidine rings is 1. The summed E-state index contributed by atoms with van der Waals surface area (Å²) in [5, 5.41) is 6.54. The number of hydrogen-bond acceptors (Lipinski definition) is 3.